The van der Waals surface area contributed by atoms with Gasteiger partial charge in [0, 0.05) is 19.6 Å². The molecule has 0 saturated carbocycles. The Labute approximate surface area is 131 Å². The topological polar surface area (TPSA) is 56.9 Å². The van der Waals surface area contributed by atoms with Crippen molar-refractivity contribution < 1.29 is 0 Å². The average Bonchev–Trinajstić information content (AvgIpc) is 2.67. The summed E-state index contributed by atoms with van der Waals surface area (Å²) in [5, 5.41) is 12.4. The monoisotopic (exact) mass is 297 g/mol. The molecule has 1 aliphatic rings. The van der Waals surface area contributed by atoms with E-state index in [0.29, 0.717) is 6.42 Å². The van der Waals surface area contributed by atoms with Gasteiger partial charge in [-0.1, -0.05) is 6.07 Å². The number of nitrogens with zero attached hydrogens (tertiary/aromatic N) is 4. The van der Waals surface area contributed by atoms with Crippen LogP contribution < -0.4 is 5.32 Å². The van der Waals surface area contributed by atoms with E-state index in [2.05, 4.69) is 46.0 Å². The van der Waals surface area contributed by atoms with Crippen LogP contribution in [0.3, 0.4) is 0 Å². The highest BCUT2D eigenvalue weighted by Crippen LogP contribution is 2.19. The second-order valence-electron chi connectivity index (χ2n) is 5.96. The van der Waals surface area contributed by atoms with Crippen molar-refractivity contribution in [2.24, 2.45) is 0 Å². The third-order valence-corrected chi connectivity index (χ3v) is 4.23. The number of nitrogens with one attached hydrogen (secondary N) is 1. The van der Waals surface area contributed by atoms with Crippen LogP contribution in [0.25, 0.3) is 11.0 Å². The number of imidazole rings is 1. The van der Waals surface area contributed by atoms with Gasteiger partial charge in [-0.05, 0) is 44.1 Å². The largest absolute Gasteiger partial charge is 0.326 e. The van der Waals surface area contributed by atoms with Gasteiger partial charge in [-0.25, -0.2) is 4.98 Å². The molecule has 0 amide bonds. The van der Waals surface area contributed by atoms with Gasteiger partial charge in [0.1, 0.15) is 5.82 Å². The van der Waals surface area contributed by atoms with Crippen LogP contribution in [-0.4, -0.2) is 40.6 Å². The Bertz CT molecular complexity index is 674. The lowest BCUT2D eigenvalue weighted by molar-refractivity contribution is 0.273. The molecule has 0 atom stereocenters. The molecule has 1 saturated heterocycles. The van der Waals surface area contributed by atoms with E-state index in [1.807, 2.05) is 0 Å². The molecule has 3 rings (SSSR count). The molecular formula is C17H23N5. The van der Waals surface area contributed by atoms with Crippen LogP contribution in [0.2, 0.25) is 0 Å². The smallest absolute Gasteiger partial charge is 0.124 e. The minimum atomic E-state index is 0.522. The van der Waals surface area contributed by atoms with Gasteiger partial charge >= 0.3 is 0 Å². The van der Waals surface area contributed by atoms with Crippen molar-refractivity contribution in [3.05, 3.63) is 29.6 Å². The Morgan fingerprint density at radius 3 is 3.09 bits per heavy atom. The molecule has 1 N–H and O–H groups in total. The van der Waals surface area contributed by atoms with Gasteiger partial charge in [-0.2, -0.15) is 5.26 Å². The molecule has 22 heavy (non-hydrogen) atoms. The summed E-state index contributed by atoms with van der Waals surface area (Å²) in [6.07, 6.45) is 1.70. The van der Waals surface area contributed by atoms with Crippen molar-refractivity contribution in [2.75, 3.05) is 26.2 Å². The Morgan fingerprint density at radius 2 is 2.23 bits per heavy atom. The molecule has 0 radical (unpaired) electrons. The maximum atomic E-state index is 8.93. The molecule has 2 aromatic rings. The minimum absolute atomic E-state index is 0.522. The Balaban J connectivity index is 1.90. The van der Waals surface area contributed by atoms with E-state index in [1.165, 1.54) is 12.0 Å². The van der Waals surface area contributed by atoms with E-state index in [9.17, 15) is 0 Å². The zero-order valence-corrected chi connectivity index (χ0v) is 13.2. The Morgan fingerprint density at radius 1 is 1.32 bits per heavy atom. The van der Waals surface area contributed by atoms with Crippen LogP contribution in [0.5, 0.6) is 0 Å². The molecule has 1 aromatic heterocycles. The second kappa shape index (κ2) is 6.91. The summed E-state index contributed by atoms with van der Waals surface area (Å²) >= 11 is 0. The second-order valence-corrected chi connectivity index (χ2v) is 5.96. The number of aromatic nitrogens is 2. The molecule has 5 nitrogen and oxygen atoms in total. The standard InChI is InChI=1S/C17H23N5/c1-14-4-5-16-15(12-14)20-17(22(16)10-2-6-18)13-21-9-3-7-19-8-11-21/h4-5,12,19H,2-3,7-11,13H2,1H3. The summed E-state index contributed by atoms with van der Waals surface area (Å²) in [5.74, 6) is 1.08. The number of hydrogen-bond donors (Lipinski definition) is 1. The zero-order chi connectivity index (χ0) is 15.4. The summed E-state index contributed by atoms with van der Waals surface area (Å²) in [5.41, 5.74) is 3.41. The summed E-state index contributed by atoms with van der Waals surface area (Å²) < 4.78 is 2.22. The van der Waals surface area contributed by atoms with E-state index in [0.717, 1.165) is 56.1 Å². The third kappa shape index (κ3) is 3.29. The molecule has 5 heteroatoms. The number of nitriles is 1. The molecule has 116 valence electrons. The predicted molar refractivity (Wildman–Crippen MR) is 87.5 cm³/mol. The fourth-order valence-corrected chi connectivity index (χ4v) is 3.08. The first-order valence-electron chi connectivity index (χ1n) is 8.04. The van der Waals surface area contributed by atoms with Crippen molar-refractivity contribution in [3.8, 4) is 6.07 Å². The summed E-state index contributed by atoms with van der Waals surface area (Å²) in [6, 6.07) is 8.63. The molecule has 2 heterocycles. The van der Waals surface area contributed by atoms with Gasteiger partial charge in [0.05, 0.1) is 30.1 Å². The highest BCUT2D eigenvalue weighted by Gasteiger charge is 2.15. The van der Waals surface area contributed by atoms with Crippen LogP contribution in [0.4, 0.5) is 0 Å². The highest BCUT2D eigenvalue weighted by atomic mass is 15.2. The first-order valence-corrected chi connectivity index (χ1v) is 8.04. The first-order chi connectivity index (χ1) is 10.8. The van der Waals surface area contributed by atoms with Gasteiger partial charge in [-0.3, -0.25) is 4.90 Å². The van der Waals surface area contributed by atoms with Crippen molar-refractivity contribution in [1.29, 1.82) is 5.26 Å². The van der Waals surface area contributed by atoms with Crippen molar-refractivity contribution in [2.45, 2.75) is 32.9 Å². The number of hydrogen-bond acceptors (Lipinski definition) is 4. The lowest BCUT2D eigenvalue weighted by Gasteiger charge is -2.19. The molecule has 0 unspecified atom stereocenters. The molecule has 0 bridgehead atoms. The van der Waals surface area contributed by atoms with Gasteiger partial charge in [0.15, 0.2) is 0 Å². The molecule has 1 aliphatic heterocycles. The lowest BCUT2D eigenvalue weighted by Crippen LogP contribution is -2.29. The van der Waals surface area contributed by atoms with Crippen LogP contribution >= 0.6 is 0 Å². The maximum Gasteiger partial charge on any atom is 0.124 e. The van der Waals surface area contributed by atoms with Gasteiger partial charge in [0.2, 0.25) is 0 Å². The van der Waals surface area contributed by atoms with Gasteiger partial charge in [0.25, 0.3) is 0 Å². The lowest BCUT2D eigenvalue weighted by atomic mass is 10.2. The SMILES string of the molecule is Cc1ccc2c(c1)nc(CN1CCCNCC1)n2CCC#N. The van der Waals surface area contributed by atoms with Gasteiger partial charge in [-0.15, -0.1) is 0 Å². The minimum Gasteiger partial charge on any atom is -0.326 e. The van der Waals surface area contributed by atoms with Crippen molar-refractivity contribution in [3.63, 3.8) is 0 Å². The van der Waals surface area contributed by atoms with E-state index >= 15 is 0 Å². The third-order valence-electron chi connectivity index (χ3n) is 4.23. The van der Waals surface area contributed by atoms with Crippen molar-refractivity contribution >= 4 is 11.0 Å². The van der Waals surface area contributed by atoms with Crippen LogP contribution in [0.15, 0.2) is 18.2 Å². The van der Waals surface area contributed by atoms with Crippen LogP contribution in [0.1, 0.15) is 24.2 Å². The first kappa shape index (κ1) is 15.0. The van der Waals surface area contributed by atoms with E-state index in [-0.39, 0.29) is 0 Å². The van der Waals surface area contributed by atoms with Crippen molar-refractivity contribution in [1.82, 2.24) is 19.8 Å². The van der Waals surface area contributed by atoms with E-state index in [1.54, 1.807) is 0 Å². The number of aryl methyl sites for hydroxylation is 2. The average molecular weight is 297 g/mol. The van der Waals surface area contributed by atoms with Gasteiger partial charge < -0.3 is 9.88 Å². The zero-order valence-electron chi connectivity index (χ0n) is 13.2. The number of fused-ring (bicyclic) bond motifs is 1. The van der Waals surface area contributed by atoms with E-state index < -0.39 is 0 Å². The number of rotatable bonds is 4. The summed E-state index contributed by atoms with van der Waals surface area (Å²) in [6.45, 7) is 7.97. The summed E-state index contributed by atoms with van der Waals surface area (Å²) in [7, 11) is 0. The molecule has 0 spiro atoms. The predicted octanol–water partition coefficient (Wildman–Crippen LogP) is 2.05. The fraction of sp³-hybridized carbons (Fsp3) is 0.529. The molecule has 0 aliphatic carbocycles. The summed E-state index contributed by atoms with van der Waals surface area (Å²) in [4.78, 5) is 7.30. The molecule has 1 aromatic carbocycles. The normalized spacial score (nSPS) is 16.5. The molecular weight excluding hydrogens is 274 g/mol. The molecule has 1 fully saturated rings. The highest BCUT2D eigenvalue weighted by molar-refractivity contribution is 5.76. The van der Waals surface area contributed by atoms with Crippen LogP contribution in [0, 0.1) is 18.3 Å². The number of benzene rings is 1. The Hall–Kier alpha value is -1.90. The van der Waals surface area contributed by atoms with E-state index in [4.69, 9.17) is 10.2 Å². The fourth-order valence-electron chi connectivity index (χ4n) is 3.08. The quantitative estimate of drug-likeness (QED) is 0.938. The maximum absolute atomic E-state index is 8.93. The Kier molecular flexibility index (Phi) is 4.71. The van der Waals surface area contributed by atoms with Crippen LogP contribution in [-0.2, 0) is 13.1 Å².